The van der Waals surface area contributed by atoms with Gasteiger partial charge in [0.1, 0.15) is 0 Å². The van der Waals surface area contributed by atoms with E-state index in [-0.39, 0.29) is 5.91 Å². The van der Waals surface area contributed by atoms with E-state index in [1.165, 1.54) is 32.2 Å². The van der Waals surface area contributed by atoms with E-state index in [0.717, 1.165) is 51.0 Å². The minimum atomic E-state index is 0.239. The van der Waals surface area contributed by atoms with Gasteiger partial charge in [-0.25, -0.2) is 0 Å². The predicted octanol–water partition coefficient (Wildman–Crippen LogP) is 1.76. The van der Waals surface area contributed by atoms with Crippen molar-refractivity contribution in [3.63, 3.8) is 0 Å². The van der Waals surface area contributed by atoms with Crippen LogP contribution in [-0.4, -0.2) is 49.6 Å². The second kappa shape index (κ2) is 8.63. The zero-order valence-electron chi connectivity index (χ0n) is 13.0. The molecule has 0 saturated carbocycles. The van der Waals surface area contributed by atoms with Gasteiger partial charge in [0, 0.05) is 25.6 Å². The topological polar surface area (TPSA) is 44.4 Å². The summed E-state index contributed by atoms with van der Waals surface area (Å²) in [5, 5.41) is 6.43. The van der Waals surface area contributed by atoms with Crippen LogP contribution < -0.4 is 10.6 Å². The van der Waals surface area contributed by atoms with Crippen molar-refractivity contribution in [3.05, 3.63) is 0 Å². The molecule has 2 aliphatic heterocycles. The van der Waals surface area contributed by atoms with E-state index in [1.54, 1.807) is 0 Å². The number of rotatable bonds is 7. The summed E-state index contributed by atoms with van der Waals surface area (Å²) in [5.74, 6) is 0.957. The van der Waals surface area contributed by atoms with Crippen molar-refractivity contribution in [1.29, 1.82) is 0 Å². The highest BCUT2D eigenvalue weighted by Gasteiger charge is 2.17. The first kappa shape index (κ1) is 15.8. The van der Waals surface area contributed by atoms with Crippen molar-refractivity contribution < 1.29 is 4.79 Å². The van der Waals surface area contributed by atoms with Gasteiger partial charge in [0.2, 0.25) is 5.91 Å². The second-order valence-electron chi connectivity index (χ2n) is 6.48. The maximum Gasteiger partial charge on any atom is 0.220 e. The Morgan fingerprint density at radius 3 is 3.00 bits per heavy atom. The van der Waals surface area contributed by atoms with E-state index in [9.17, 15) is 4.79 Å². The summed E-state index contributed by atoms with van der Waals surface area (Å²) in [7, 11) is 0. The number of nitrogens with zero attached hydrogens (tertiary/aromatic N) is 1. The van der Waals surface area contributed by atoms with Crippen molar-refractivity contribution in [3.8, 4) is 0 Å². The lowest BCUT2D eigenvalue weighted by Crippen LogP contribution is -2.39. The quantitative estimate of drug-likeness (QED) is 0.699. The number of amides is 1. The summed E-state index contributed by atoms with van der Waals surface area (Å²) in [4.78, 5) is 14.3. The summed E-state index contributed by atoms with van der Waals surface area (Å²) >= 11 is 0. The third kappa shape index (κ3) is 5.41. The summed E-state index contributed by atoms with van der Waals surface area (Å²) in [6, 6.07) is 0.731. The van der Waals surface area contributed by atoms with E-state index >= 15 is 0 Å². The Morgan fingerprint density at radius 2 is 2.25 bits per heavy atom. The summed E-state index contributed by atoms with van der Waals surface area (Å²) in [6.45, 7) is 7.76. The minimum absolute atomic E-state index is 0.239. The molecule has 4 nitrogen and oxygen atoms in total. The lowest BCUT2D eigenvalue weighted by atomic mass is 10.0. The highest BCUT2D eigenvalue weighted by atomic mass is 16.1. The fourth-order valence-corrected chi connectivity index (χ4v) is 3.38. The van der Waals surface area contributed by atoms with E-state index in [1.807, 2.05) is 0 Å². The molecule has 2 unspecified atom stereocenters. The molecule has 0 aliphatic carbocycles. The predicted molar refractivity (Wildman–Crippen MR) is 82.7 cm³/mol. The molecular formula is C16H31N3O. The van der Waals surface area contributed by atoms with Gasteiger partial charge in [-0.05, 0) is 64.6 Å². The molecule has 0 bridgehead atoms. The fraction of sp³-hybridized carbons (Fsp3) is 0.938. The molecular weight excluding hydrogens is 250 g/mol. The Hall–Kier alpha value is -0.610. The minimum Gasteiger partial charge on any atom is -0.356 e. The van der Waals surface area contributed by atoms with Gasteiger partial charge in [0.25, 0.3) is 0 Å². The van der Waals surface area contributed by atoms with E-state index in [0.29, 0.717) is 6.42 Å². The Morgan fingerprint density at radius 1 is 1.35 bits per heavy atom. The van der Waals surface area contributed by atoms with Crippen molar-refractivity contribution in [1.82, 2.24) is 15.5 Å². The number of carbonyl (C=O) groups excluding carboxylic acids is 1. The second-order valence-corrected chi connectivity index (χ2v) is 6.48. The van der Waals surface area contributed by atoms with Crippen molar-refractivity contribution >= 4 is 5.91 Å². The largest absolute Gasteiger partial charge is 0.356 e. The lowest BCUT2D eigenvalue weighted by Gasteiger charge is -2.33. The third-order valence-corrected chi connectivity index (χ3v) is 4.83. The molecule has 2 fully saturated rings. The molecule has 2 saturated heterocycles. The third-order valence-electron chi connectivity index (χ3n) is 4.83. The number of hydrogen-bond donors (Lipinski definition) is 2. The van der Waals surface area contributed by atoms with Gasteiger partial charge in [-0.1, -0.05) is 6.42 Å². The van der Waals surface area contributed by atoms with Crippen LogP contribution in [0.5, 0.6) is 0 Å². The first-order valence-corrected chi connectivity index (χ1v) is 8.47. The van der Waals surface area contributed by atoms with Crippen LogP contribution in [0.3, 0.4) is 0 Å². The standard InChI is InChI=1S/C16H31N3O/c1-14-5-2-3-11-19(14)12-4-9-18-16(20)7-6-15-8-10-17-13-15/h14-15,17H,2-13H2,1H3,(H,18,20). The van der Waals surface area contributed by atoms with Gasteiger partial charge in [-0.15, -0.1) is 0 Å². The van der Waals surface area contributed by atoms with E-state index in [4.69, 9.17) is 0 Å². The SMILES string of the molecule is CC1CCCCN1CCCNC(=O)CCC1CCNC1. The maximum atomic E-state index is 11.8. The lowest BCUT2D eigenvalue weighted by molar-refractivity contribution is -0.121. The van der Waals surface area contributed by atoms with Crippen LogP contribution in [0.25, 0.3) is 0 Å². The van der Waals surface area contributed by atoms with Crippen LogP contribution in [0.15, 0.2) is 0 Å². The molecule has 0 radical (unpaired) electrons. The van der Waals surface area contributed by atoms with Crippen molar-refractivity contribution in [2.75, 3.05) is 32.7 Å². The Kier molecular flexibility index (Phi) is 6.80. The summed E-state index contributed by atoms with van der Waals surface area (Å²) in [5.41, 5.74) is 0. The van der Waals surface area contributed by atoms with Crippen LogP contribution in [0.1, 0.15) is 51.9 Å². The number of nitrogens with one attached hydrogen (secondary N) is 2. The van der Waals surface area contributed by atoms with Crippen LogP contribution >= 0.6 is 0 Å². The Labute approximate surface area is 123 Å². The molecule has 0 spiro atoms. The Balaban J connectivity index is 1.48. The van der Waals surface area contributed by atoms with E-state index in [2.05, 4.69) is 22.5 Å². The maximum absolute atomic E-state index is 11.8. The van der Waals surface area contributed by atoms with Gasteiger partial charge in [-0.3, -0.25) is 4.79 Å². The molecule has 1 amide bonds. The van der Waals surface area contributed by atoms with Crippen molar-refractivity contribution in [2.45, 2.75) is 57.9 Å². The molecule has 2 atom stereocenters. The average molecular weight is 281 g/mol. The molecule has 116 valence electrons. The molecule has 2 rings (SSSR count). The molecule has 0 aromatic carbocycles. The van der Waals surface area contributed by atoms with Gasteiger partial charge >= 0.3 is 0 Å². The van der Waals surface area contributed by atoms with Gasteiger partial charge in [0.05, 0.1) is 0 Å². The molecule has 0 aromatic heterocycles. The fourth-order valence-electron chi connectivity index (χ4n) is 3.38. The molecule has 2 heterocycles. The van der Waals surface area contributed by atoms with Crippen LogP contribution in [-0.2, 0) is 4.79 Å². The number of carbonyl (C=O) groups is 1. The first-order valence-electron chi connectivity index (χ1n) is 8.47. The molecule has 2 N–H and O–H groups in total. The highest BCUT2D eigenvalue weighted by molar-refractivity contribution is 5.75. The van der Waals surface area contributed by atoms with Crippen LogP contribution in [0.4, 0.5) is 0 Å². The molecule has 4 heteroatoms. The monoisotopic (exact) mass is 281 g/mol. The number of likely N-dealkylation sites (tertiary alicyclic amines) is 1. The Bertz CT molecular complexity index is 289. The number of hydrogen-bond acceptors (Lipinski definition) is 3. The normalized spacial score (nSPS) is 27.6. The molecule has 0 aromatic rings. The highest BCUT2D eigenvalue weighted by Crippen LogP contribution is 2.16. The average Bonchev–Trinajstić information content (AvgIpc) is 2.96. The smallest absolute Gasteiger partial charge is 0.220 e. The molecule has 2 aliphatic rings. The van der Waals surface area contributed by atoms with E-state index < -0.39 is 0 Å². The van der Waals surface area contributed by atoms with Crippen LogP contribution in [0.2, 0.25) is 0 Å². The van der Waals surface area contributed by atoms with Crippen molar-refractivity contribution in [2.24, 2.45) is 5.92 Å². The van der Waals surface area contributed by atoms with Gasteiger partial charge < -0.3 is 15.5 Å². The van der Waals surface area contributed by atoms with Crippen LogP contribution in [0, 0.1) is 5.92 Å². The van der Waals surface area contributed by atoms with Gasteiger partial charge in [0.15, 0.2) is 0 Å². The summed E-state index contributed by atoms with van der Waals surface area (Å²) in [6.07, 6.45) is 8.12. The summed E-state index contributed by atoms with van der Waals surface area (Å²) < 4.78 is 0. The molecule has 20 heavy (non-hydrogen) atoms. The zero-order valence-corrected chi connectivity index (χ0v) is 13.0. The van der Waals surface area contributed by atoms with Gasteiger partial charge in [-0.2, -0.15) is 0 Å². The zero-order chi connectivity index (χ0) is 14.2. The first-order chi connectivity index (χ1) is 9.75. The number of piperidine rings is 1.